The lowest BCUT2D eigenvalue weighted by Gasteiger charge is -2.35. The van der Waals surface area contributed by atoms with Crippen LogP contribution in [0.1, 0.15) is 15.9 Å². The van der Waals surface area contributed by atoms with Crippen LogP contribution in [0.2, 0.25) is 5.02 Å². The van der Waals surface area contributed by atoms with Crippen molar-refractivity contribution in [2.24, 2.45) is 0 Å². The molecule has 2 aromatic rings. The molecule has 0 unspecified atom stereocenters. The molecule has 2 aliphatic heterocycles. The Morgan fingerprint density at radius 1 is 1.00 bits per heavy atom. The first-order valence-electron chi connectivity index (χ1n) is 9.52. The third-order valence-electron chi connectivity index (χ3n) is 4.97. The summed E-state index contributed by atoms with van der Waals surface area (Å²) in [4.78, 5) is 28.8. The Morgan fingerprint density at radius 3 is 2.48 bits per heavy atom. The van der Waals surface area contributed by atoms with Gasteiger partial charge in [0.25, 0.3) is 5.91 Å². The normalized spacial score (nSPS) is 15.8. The molecular formula is C21H22ClN3O4. The van der Waals surface area contributed by atoms with E-state index in [1.54, 1.807) is 21.9 Å². The minimum Gasteiger partial charge on any atom is -0.486 e. The molecule has 0 aliphatic carbocycles. The molecule has 2 aromatic carbocycles. The van der Waals surface area contributed by atoms with Crippen LogP contribution in [0.25, 0.3) is 0 Å². The van der Waals surface area contributed by atoms with Gasteiger partial charge >= 0.3 is 6.03 Å². The number of amides is 3. The van der Waals surface area contributed by atoms with E-state index < -0.39 is 0 Å². The second-order valence-electron chi connectivity index (χ2n) is 7.06. The van der Waals surface area contributed by atoms with Crippen LogP contribution in [-0.4, -0.2) is 61.1 Å². The monoisotopic (exact) mass is 415 g/mol. The number of aryl methyl sites for hydroxylation is 1. The zero-order valence-corrected chi connectivity index (χ0v) is 16.9. The number of halogens is 1. The molecule has 29 heavy (non-hydrogen) atoms. The summed E-state index contributed by atoms with van der Waals surface area (Å²) in [5, 5.41) is 3.27. The zero-order valence-electron chi connectivity index (χ0n) is 16.1. The molecule has 0 radical (unpaired) electrons. The third kappa shape index (κ3) is 4.24. The molecule has 7 nitrogen and oxygen atoms in total. The van der Waals surface area contributed by atoms with Crippen LogP contribution in [0.4, 0.5) is 10.5 Å². The van der Waals surface area contributed by atoms with Crippen LogP contribution >= 0.6 is 11.6 Å². The van der Waals surface area contributed by atoms with Gasteiger partial charge in [0.05, 0.1) is 5.02 Å². The lowest BCUT2D eigenvalue weighted by atomic mass is 10.1. The molecule has 0 atom stereocenters. The van der Waals surface area contributed by atoms with Gasteiger partial charge in [-0.3, -0.25) is 4.79 Å². The SMILES string of the molecule is Cc1cccc(NC(=O)N2CCN(C(=O)c3cc(Cl)c4c(c3)OCCO4)CC2)c1. The molecular weight excluding hydrogens is 394 g/mol. The third-order valence-corrected chi connectivity index (χ3v) is 5.25. The number of carbonyl (C=O) groups excluding carboxylic acids is 2. The predicted molar refractivity (Wildman–Crippen MR) is 110 cm³/mol. The van der Waals surface area contributed by atoms with E-state index in [9.17, 15) is 9.59 Å². The number of anilines is 1. The maximum Gasteiger partial charge on any atom is 0.321 e. The molecule has 152 valence electrons. The van der Waals surface area contributed by atoms with Gasteiger partial charge in [-0.2, -0.15) is 0 Å². The van der Waals surface area contributed by atoms with E-state index in [1.165, 1.54) is 0 Å². The maximum atomic E-state index is 12.9. The Kier molecular flexibility index (Phi) is 5.49. The zero-order chi connectivity index (χ0) is 20.4. The summed E-state index contributed by atoms with van der Waals surface area (Å²) in [7, 11) is 0. The number of piperazine rings is 1. The van der Waals surface area contributed by atoms with Gasteiger partial charge in [-0.1, -0.05) is 23.7 Å². The van der Waals surface area contributed by atoms with E-state index in [0.29, 0.717) is 61.5 Å². The number of benzene rings is 2. The van der Waals surface area contributed by atoms with E-state index in [1.807, 2.05) is 31.2 Å². The van der Waals surface area contributed by atoms with Gasteiger partial charge in [0.15, 0.2) is 11.5 Å². The Balaban J connectivity index is 1.37. The highest BCUT2D eigenvalue weighted by atomic mass is 35.5. The number of urea groups is 1. The van der Waals surface area contributed by atoms with Gasteiger partial charge in [-0.15, -0.1) is 0 Å². The highest BCUT2D eigenvalue weighted by molar-refractivity contribution is 6.32. The van der Waals surface area contributed by atoms with Crippen molar-refractivity contribution >= 4 is 29.2 Å². The fourth-order valence-corrected chi connectivity index (χ4v) is 3.72. The van der Waals surface area contributed by atoms with E-state index in [4.69, 9.17) is 21.1 Å². The molecule has 0 aromatic heterocycles. The van der Waals surface area contributed by atoms with Gasteiger partial charge in [-0.25, -0.2) is 4.79 Å². The summed E-state index contributed by atoms with van der Waals surface area (Å²) in [5.41, 5.74) is 2.30. The van der Waals surface area contributed by atoms with Crippen molar-refractivity contribution < 1.29 is 19.1 Å². The van der Waals surface area contributed by atoms with Crippen molar-refractivity contribution in [3.8, 4) is 11.5 Å². The van der Waals surface area contributed by atoms with Gasteiger partial charge < -0.3 is 24.6 Å². The minimum absolute atomic E-state index is 0.136. The van der Waals surface area contributed by atoms with Crippen molar-refractivity contribution in [2.45, 2.75) is 6.92 Å². The summed E-state index contributed by atoms with van der Waals surface area (Å²) in [6.45, 7) is 4.66. The first-order chi connectivity index (χ1) is 14.0. The second-order valence-corrected chi connectivity index (χ2v) is 7.47. The lowest BCUT2D eigenvalue weighted by Crippen LogP contribution is -2.51. The van der Waals surface area contributed by atoms with Gasteiger partial charge in [0.1, 0.15) is 13.2 Å². The predicted octanol–water partition coefficient (Wildman–Crippen LogP) is 3.41. The smallest absolute Gasteiger partial charge is 0.321 e. The van der Waals surface area contributed by atoms with Crippen molar-refractivity contribution in [1.29, 1.82) is 0 Å². The average Bonchev–Trinajstić information content (AvgIpc) is 2.73. The van der Waals surface area contributed by atoms with Crippen LogP contribution in [0.5, 0.6) is 11.5 Å². The molecule has 1 N–H and O–H groups in total. The second kappa shape index (κ2) is 8.21. The number of hydrogen-bond acceptors (Lipinski definition) is 4. The van der Waals surface area contributed by atoms with Crippen LogP contribution in [0, 0.1) is 6.92 Å². The minimum atomic E-state index is -0.162. The molecule has 1 fully saturated rings. The largest absolute Gasteiger partial charge is 0.486 e. The molecule has 0 bridgehead atoms. The van der Waals surface area contributed by atoms with E-state index >= 15 is 0 Å². The number of fused-ring (bicyclic) bond motifs is 1. The van der Waals surface area contributed by atoms with Crippen LogP contribution < -0.4 is 14.8 Å². The molecule has 1 saturated heterocycles. The van der Waals surface area contributed by atoms with Gasteiger partial charge in [0, 0.05) is 37.4 Å². The Hall–Kier alpha value is -2.93. The van der Waals surface area contributed by atoms with Crippen LogP contribution in [-0.2, 0) is 0 Å². The van der Waals surface area contributed by atoms with Crippen LogP contribution in [0.3, 0.4) is 0 Å². The van der Waals surface area contributed by atoms with E-state index in [0.717, 1.165) is 11.3 Å². The lowest BCUT2D eigenvalue weighted by molar-refractivity contribution is 0.0670. The van der Waals surface area contributed by atoms with E-state index in [2.05, 4.69) is 5.32 Å². The van der Waals surface area contributed by atoms with Crippen molar-refractivity contribution in [3.05, 3.63) is 52.5 Å². The highest BCUT2D eigenvalue weighted by Gasteiger charge is 2.27. The van der Waals surface area contributed by atoms with Gasteiger partial charge in [0.2, 0.25) is 0 Å². The summed E-state index contributed by atoms with van der Waals surface area (Å²) in [5.74, 6) is 0.831. The summed E-state index contributed by atoms with van der Waals surface area (Å²) < 4.78 is 11.1. The average molecular weight is 416 g/mol. The number of nitrogens with zero attached hydrogens (tertiary/aromatic N) is 2. The Bertz CT molecular complexity index is 942. The number of nitrogens with one attached hydrogen (secondary N) is 1. The first kappa shape index (κ1) is 19.4. The molecule has 0 saturated carbocycles. The summed E-state index contributed by atoms with van der Waals surface area (Å²) in [6, 6.07) is 10.8. The number of hydrogen-bond donors (Lipinski definition) is 1. The maximum absolute atomic E-state index is 12.9. The standard InChI is InChI=1S/C21H22ClN3O4/c1-14-3-2-4-16(11-14)23-21(27)25-7-5-24(6-8-25)20(26)15-12-17(22)19-18(13-15)28-9-10-29-19/h2-4,11-13H,5-10H2,1H3,(H,23,27). The number of carbonyl (C=O) groups is 2. The number of ether oxygens (including phenoxy) is 2. The van der Waals surface area contributed by atoms with Crippen molar-refractivity contribution in [1.82, 2.24) is 9.80 Å². The quantitative estimate of drug-likeness (QED) is 0.815. The molecule has 2 aliphatic rings. The first-order valence-corrected chi connectivity index (χ1v) is 9.90. The summed E-state index contributed by atoms with van der Waals surface area (Å²) in [6.07, 6.45) is 0. The Labute approximate surface area is 174 Å². The van der Waals surface area contributed by atoms with Crippen molar-refractivity contribution in [2.75, 3.05) is 44.7 Å². The molecule has 4 rings (SSSR count). The molecule has 0 spiro atoms. The van der Waals surface area contributed by atoms with Gasteiger partial charge in [-0.05, 0) is 36.8 Å². The fourth-order valence-electron chi connectivity index (χ4n) is 3.45. The van der Waals surface area contributed by atoms with E-state index in [-0.39, 0.29) is 11.9 Å². The van der Waals surface area contributed by atoms with Crippen molar-refractivity contribution in [3.63, 3.8) is 0 Å². The molecule has 3 amide bonds. The highest BCUT2D eigenvalue weighted by Crippen LogP contribution is 2.38. The summed E-state index contributed by atoms with van der Waals surface area (Å²) >= 11 is 6.25. The molecule has 8 heteroatoms. The number of rotatable bonds is 2. The Morgan fingerprint density at radius 2 is 1.72 bits per heavy atom. The van der Waals surface area contributed by atoms with Crippen LogP contribution in [0.15, 0.2) is 36.4 Å². The topological polar surface area (TPSA) is 71.1 Å². The molecule has 2 heterocycles. The fraction of sp³-hybridized carbons (Fsp3) is 0.333.